The predicted molar refractivity (Wildman–Crippen MR) is 83.4 cm³/mol. The normalized spacial score (nSPS) is 17.7. The number of alkyl carbamates (subject to hydrolysis) is 1. The fraction of sp³-hybridized carbons (Fsp3) is 0.933. The summed E-state index contributed by atoms with van der Waals surface area (Å²) < 4.78 is 5.18. The third-order valence-corrected chi connectivity index (χ3v) is 3.45. The van der Waals surface area contributed by atoms with E-state index in [2.05, 4.69) is 15.1 Å². The van der Waals surface area contributed by atoms with Crippen molar-refractivity contribution in [2.24, 2.45) is 0 Å². The van der Waals surface area contributed by atoms with Crippen molar-refractivity contribution in [3.8, 4) is 0 Å². The minimum atomic E-state index is -0.432. The van der Waals surface area contributed by atoms with Gasteiger partial charge in [-0.1, -0.05) is 0 Å². The Morgan fingerprint density at radius 2 is 1.67 bits per heavy atom. The Morgan fingerprint density at radius 1 is 1.10 bits per heavy atom. The van der Waals surface area contributed by atoms with Crippen LogP contribution in [0, 0.1) is 0 Å². The van der Waals surface area contributed by atoms with E-state index in [1.54, 1.807) is 0 Å². The molecule has 21 heavy (non-hydrogen) atoms. The summed E-state index contributed by atoms with van der Waals surface area (Å²) in [5.41, 5.74) is -0.432. The van der Waals surface area contributed by atoms with Gasteiger partial charge >= 0.3 is 6.09 Å². The number of nitrogens with one attached hydrogen (secondary N) is 1. The van der Waals surface area contributed by atoms with Crippen molar-refractivity contribution in [2.45, 2.75) is 39.2 Å². The largest absolute Gasteiger partial charge is 0.444 e. The Labute approximate surface area is 128 Å². The highest BCUT2D eigenvalue weighted by molar-refractivity contribution is 5.67. The van der Waals surface area contributed by atoms with Gasteiger partial charge in [0.1, 0.15) is 5.60 Å². The van der Waals surface area contributed by atoms with Crippen LogP contribution < -0.4 is 5.32 Å². The van der Waals surface area contributed by atoms with E-state index in [4.69, 9.17) is 9.84 Å². The monoisotopic (exact) mass is 301 g/mol. The number of aliphatic hydroxyl groups excluding tert-OH is 1. The molecule has 124 valence electrons. The summed E-state index contributed by atoms with van der Waals surface area (Å²) in [4.78, 5) is 16.2. The van der Waals surface area contributed by atoms with Gasteiger partial charge in [-0.05, 0) is 40.2 Å². The molecule has 0 aromatic rings. The molecule has 0 aromatic heterocycles. The molecule has 1 rings (SSSR count). The highest BCUT2D eigenvalue weighted by Crippen LogP contribution is 2.06. The van der Waals surface area contributed by atoms with Crippen molar-refractivity contribution in [3.05, 3.63) is 0 Å². The molecular formula is C15H31N3O3. The van der Waals surface area contributed by atoms with Gasteiger partial charge in [-0.3, -0.25) is 4.90 Å². The van der Waals surface area contributed by atoms with E-state index in [9.17, 15) is 4.79 Å². The Balaban J connectivity index is 1.99. The molecule has 1 amide bonds. The maximum absolute atomic E-state index is 11.5. The van der Waals surface area contributed by atoms with Crippen LogP contribution in [0.3, 0.4) is 0 Å². The molecule has 0 bridgehead atoms. The van der Waals surface area contributed by atoms with E-state index in [0.717, 1.165) is 52.1 Å². The maximum atomic E-state index is 11.5. The SMILES string of the molecule is CC(C)(C)OC(=O)NCCCCN1CCN(CCO)CC1. The van der Waals surface area contributed by atoms with Gasteiger partial charge in [0.2, 0.25) is 0 Å². The number of carbonyl (C=O) groups excluding carboxylic acids is 1. The van der Waals surface area contributed by atoms with Crippen LogP contribution in [0.1, 0.15) is 33.6 Å². The van der Waals surface area contributed by atoms with Crippen molar-refractivity contribution in [1.29, 1.82) is 0 Å². The van der Waals surface area contributed by atoms with Crippen LogP contribution >= 0.6 is 0 Å². The Hall–Kier alpha value is -0.850. The lowest BCUT2D eigenvalue weighted by molar-refractivity contribution is 0.0526. The fourth-order valence-corrected chi connectivity index (χ4v) is 2.34. The summed E-state index contributed by atoms with van der Waals surface area (Å²) in [5, 5.41) is 11.7. The van der Waals surface area contributed by atoms with Crippen LogP contribution in [0.4, 0.5) is 4.79 Å². The molecule has 0 radical (unpaired) electrons. The number of rotatable bonds is 7. The molecule has 2 N–H and O–H groups in total. The van der Waals surface area contributed by atoms with Crippen molar-refractivity contribution >= 4 is 6.09 Å². The summed E-state index contributed by atoms with van der Waals surface area (Å²) in [6, 6.07) is 0. The van der Waals surface area contributed by atoms with Crippen LogP contribution in [0.5, 0.6) is 0 Å². The molecule has 1 aliphatic rings. The van der Waals surface area contributed by atoms with Crippen LogP contribution in [0.2, 0.25) is 0 Å². The molecule has 0 aromatic carbocycles. The third kappa shape index (κ3) is 8.90. The molecular weight excluding hydrogens is 270 g/mol. The lowest BCUT2D eigenvalue weighted by atomic mass is 10.2. The molecule has 6 heteroatoms. The van der Waals surface area contributed by atoms with E-state index in [1.165, 1.54) is 0 Å². The number of hydrogen-bond acceptors (Lipinski definition) is 5. The van der Waals surface area contributed by atoms with E-state index in [1.807, 2.05) is 20.8 Å². The zero-order valence-electron chi connectivity index (χ0n) is 13.7. The van der Waals surface area contributed by atoms with Gasteiger partial charge in [0.25, 0.3) is 0 Å². The number of ether oxygens (including phenoxy) is 1. The molecule has 1 saturated heterocycles. The van der Waals surface area contributed by atoms with Crippen molar-refractivity contribution in [2.75, 3.05) is 52.4 Å². The minimum Gasteiger partial charge on any atom is -0.444 e. The Morgan fingerprint density at radius 3 is 2.19 bits per heavy atom. The van der Waals surface area contributed by atoms with E-state index < -0.39 is 5.60 Å². The Bertz CT molecular complexity index is 297. The average Bonchev–Trinajstić information content (AvgIpc) is 2.38. The van der Waals surface area contributed by atoms with Gasteiger partial charge in [-0.25, -0.2) is 4.79 Å². The summed E-state index contributed by atoms with van der Waals surface area (Å²) in [7, 11) is 0. The van der Waals surface area contributed by atoms with Gasteiger partial charge < -0.3 is 20.1 Å². The second kappa shape index (κ2) is 9.23. The first-order valence-electron chi connectivity index (χ1n) is 7.93. The molecule has 1 aliphatic heterocycles. The zero-order chi connectivity index (χ0) is 15.7. The number of piperazine rings is 1. The molecule has 0 aliphatic carbocycles. The van der Waals surface area contributed by atoms with E-state index >= 15 is 0 Å². The number of nitrogens with zero attached hydrogens (tertiary/aromatic N) is 2. The number of aliphatic hydroxyl groups is 1. The van der Waals surface area contributed by atoms with Gasteiger partial charge in [0.05, 0.1) is 6.61 Å². The van der Waals surface area contributed by atoms with Crippen molar-refractivity contribution in [3.63, 3.8) is 0 Å². The molecule has 0 atom stereocenters. The van der Waals surface area contributed by atoms with Crippen LogP contribution in [-0.4, -0.2) is 79.0 Å². The van der Waals surface area contributed by atoms with Crippen LogP contribution in [-0.2, 0) is 4.74 Å². The smallest absolute Gasteiger partial charge is 0.407 e. The van der Waals surface area contributed by atoms with Gasteiger partial charge in [-0.15, -0.1) is 0 Å². The molecule has 1 heterocycles. The van der Waals surface area contributed by atoms with Crippen molar-refractivity contribution < 1.29 is 14.6 Å². The third-order valence-electron chi connectivity index (χ3n) is 3.45. The minimum absolute atomic E-state index is 0.246. The number of β-amino-alcohol motifs (C(OH)–C–C–N with tert-alkyl or cyclic N) is 1. The first-order valence-corrected chi connectivity index (χ1v) is 7.93. The van der Waals surface area contributed by atoms with Gasteiger partial charge in [-0.2, -0.15) is 0 Å². The van der Waals surface area contributed by atoms with Crippen LogP contribution in [0.15, 0.2) is 0 Å². The fourth-order valence-electron chi connectivity index (χ4n) is 2.34. The Kier molecular flexibility index (Phi) is 8.00. The molecule has 6 nitrogen and oxygen atoms in total. The summed E-state index contributed by atoms with van der Waals surface area (Å²) in [5.74, 6) is 0. The topological polar surface area (TPSA) is 65.0 Å². The standard InChI is InChI=1S/C15H31N3O3/c1-15(2,3)21-14(20)16-6-4-5-7-17-8-10-18(11-9-17)12-13-19/h19H,4-13H2,1-3H3,(H,16,20). The summed E-state index contributed by atoms with van der Waals surface area (Å²) in [6.07, 6.45) is 1.71. The number of unbranched alkanes of at least 4 members (excludes halogenated alkanes) is 1. The van der Waals surface area contributed by atoms with E-state index in [0.29, 0.717) is 6.54 Å². The predicted octanol–water partition coefficient (Wildman–Crippen LogP) is 0.901. The second-order valence-corrected chi connectivity index (χ2v) is 6.54. The lowest BCUT2D eigenvalue weighted by Gasteiger charge is -2.34. The van der Waals surface area contributed by atoms with Gasteiger partial charge in [0.15, 0.2) is 0 Å². The highest BCUT2D eigenvalue weighted by atomic mass is 16.6. The highest BCUT2D eigenvalue weighted by Gasteiger charge is 2.16. The second-order valence-electron chi connectivity index (χ2n) is 6.54. The number of carbonyl (C=O) groups is 1. The maximum Gasteiger partial charge on any atom is 0.407 e. The first-order chi connectivity index (χ1) is 9.90. The number of amides is 1. The molecule has 0 unspecified atom stereocenters. The zero-order valence-corrected chi connectivity index (χ0v) is 13.7. The van der Waals surface area contributed by atoms with E-state index in [-0.39, 0.29) is 12.7 Å². The summed E-state index contributed by atoms with van der Waals surface area (Å²) in [6.45, 7) is 12.6. The quantitative estimate of drug-likeness (QED) is 0.684. The molecule has 1 fully saturated rings. The number of hydrogen-bond donors (Lipinski definition) is 2. The van der Waals surface area contributed by atoms with Crippen molar-refractivity contribution in [1.82, 2.24) is 15.1 Å². The lowest BCUT2D eigenvalue weighted by Crippen LogP contribution is -2.47. The summed E-state index contributed by atoms with van der Waals surface area (Å²) >= 11 is 0. The first kappa shape index (κ1) is 18.2. The van der Waals surface area contributed by atoms with Gasteiger partial charge in [0, 0.05) is 39.3 Å². The molecule has 0 spiro atoms. The van der Waals surface area contributed by atoms with Crippen LogP contribution in [0.25, 0.3) is 0 Å². The molecule has 0 saturated carbocycles. The average molecular weight is 301 g/mol.